The lowest BCUT2D eigenvalue weighted by molar-refractivity contribution is -0.131. The van der Waals surface area contributed by atoms with Crippen LogP contribution in [0.5, 0.6) is 5.75 Å². The van der Waals surface area contributed by atoms with Crippen LogP contribution in [-0.4, -0.2) is 53.2 Å². The molecule has 3 N–H and O–H groups in total. The number of nitrogens with zero attached hydrogens (tertiary/aromatic N) is 2. The number of aliphatic carboxylic acids is 1. The standard InChI is InChI=1S/C40H43ClN4O5/c1-3-50-29-13-15-31-33(24-29)44(2)20-21-45-34-23-27(10-14-30(34)36(37(31)45)25-8-5-4-6-9-25)38(48)43-40(18-7-19-40)39(49)42-28-12-16-32(41)26(22-28)11-17-35(46)47/h10-17,22-25H,3-9,18-21H2,1-2H3,(H,42,49)(H,43,48)(H,46,47)/b17-11+. The van der Waals surface area contributed by atoms with E-state index >= 15 is 0 Å². The second-order valence-corrected chi connectivity index (χ2v) is 14.2. The molecule has 2 aliphatic carbocycles. The zero-order valence-electron chi connectivity index (χ0n) is 28.6. The Hall–Kier alpha value is -4.76. The number of aromatic nitrogens is 1. The SMILES string of the molecule is CCOc1ccc2c(c1)N(C)CCn1c-2c(C2CCCCC2)c2ccc(C(=O)NC3(C(=O)Nc4ccc(Cl)c(/C=C/C(=O)O)c4)CCC3)cc21. The molecule has 2 amide bonds. The van der Waals surface area contributed by atoms with Crippen molar-refractivity contribution in [2.24, 2.45) is 0 Å². The molecule has 7 rings (SSSR count). The van der Waals surface area contributed by atoms with E-state index in [0.29, 0.717) is 47.2 Å². The largest absolute Gasteiger partial charge is 0.494 e. The van der Waals surface area contributed by atoms with E-state index < -0.39 is 11.5 Å². The second kappa shape index (κ2) is 13.9. The van der Waals surface area contributed by atoms with Gasteiger partial charge in [-0.3, -0.25) is 9.59 Å². The topological polar surface area (TPSA) is 113 Å². The molecule has 2 heterocycles. The fraction of sp³-hybridized carbons (Fsp3) is 0.375. The quantitative estimate of drug-likeness (QED) is 0.152. The number of hydrogen-bond acceptors (Lipinski definition) is 5. The molecule has 0 atom stereocenters. The van der Waals surface area contributed by atoms with Crippen LogP contribution in [0.1, 0.15) is 85.7 Å². The van der Waals surface area contributed by atoms with Crippen molar-refractivity contribution in [3.63, 3.8) is 0 Å². The number of anilines is 2. The molecule has 10 heteroatoms. The van der Waals surface area contributed by atoms with E-state index in [1.165, 1.54) is 47.5 Å². The van der Waals surface area contributed by atoms with Gasteiger partial charge in [0.05, 0.1) is 12.3 Å². The average molecular weight is 695 g/mol. The van der Waals surface area contributed by atoms with Crippen LogP contribution < -0.4 is 20.3 Å². The van der Waals surface area contributed by atoms with Gasteiger partial charge in [-0.25, -0.2) is 4.79 Å². The summed E-state index contributed by atoms with van der Waals surface area (Å²) < 4.78 is 8.30. The van der Waals surface area contributed by atoms with Gasteiger partial charge in [0.2, 0.25) is 5.91 Å². The van der Waals surface area contributed by atoms with E-state index in [2.05, 4.69) is 51.4 Å². The van der Waals surface area contributed by atoms with Crippen LogP contribution in [0.3, 0.4) is 0 Å². The van der Waals surface area contributed by atoms with Gasteiger partial charge in [0, 0.05) is 70.7 Å². The normalized spacial score (nSPS) is 17.1. The number of ether oxygens (including phenoxy) is 1. The molecule has 2 saturated carbocycles. The molecule has 0 saturated heterocycles. The highest BCUT2D eigenvalue weighted by Crippen LogP contribution is 2.48. The third kappa shape index (κ3) is 6.35. The summed E-state index contributed by atoms with van der Waals surface area (Å²) in [5, 5.41) is 16.6. The van der Waals surface area contributed by atoms with Crippen LogP contribution >= 0.6 is 11.6 Å². The van der Waals surface area contributed by atoms with E-state index in [1.807, 2.05) is 19.1 Å². The number of likely N-dealkylation sites (N-methyl/N-ethyl adjacent to an activating group) is 1. The zero-order chi connectivity index (χ0) is 35.0. The second-order valence-electron chi connectivity index (χ2n) is 13.8. The van der Waals surface area contributed by atoms with Gasteiger partial charge in [0.25, 0.3) is 5.91 Å². The van der Waals surface area contributed by atoms with Gasteiger partial charge >= 0.3 is 5.97 Å². The molecule has 1 aliphatic heterocycles. The molecule has 2 fully saturated rings. The predicted octanol–water partition coefficient (Wildman–Crippen LogP) is 8.25. The fourth-order valence-electron chi connectivity index (χ4n) is 7.89. The van der Waals surface area contributed by atoms with Crippen LogP contribution in [0, 0.1) is 0 Å². The summed E-state index contributed by atoms with van der Waals surface area (Å²) in [5.74, 6) is -0.387. The molecule has 260 valence electrons. The van der Waals surface area contributed by atoms with E-state index in [0.717, 1.165) is 55.4 Å². The summed E-state index contributed by atoms with van der Waals surface area (Å²) in [6.45, 7) is 4.19. The molecule has 3 aromatic carbocycles. The van der Waals surface area contributed by atoms with Crippen molar-refractivity contribution >= 4 is 57.7 Å². The van der Waals surface area contributed by atoms with Gasteiger partial charge in [0.1, 0.15) is 11.3 Å². The molecule has 0 spiro atoms. The van der Waals surface area contributed by atoms with E-state index in [9.17, 15) is 14.4 Å². The Kier molecular flexibility index (Phi) is 9.35. The summed E-state index contributed by atoms with van der Waals surface area (Å²) in [6.07, 6.45) is 10.2. The Morgan fingerprint density at radius 2 is 1.80 bits per heavy atom. The molecular weight excluding hydrogens is 652 g/mol. The lowest BCUT2D eigenvalue weighted by atomic mass is 9.75. The number of hydrogen-bond donors (Lipinski definition) is 3. The molecular formula is C40H43ClN4O5. The molecule has 1 aromatic heterocycles. The van der Waals surface area contributed by atoms with E-state index in [1.54, 1.807) is 18.2 Å². The first kappa shape index (κ1) is 33.7. The van der Waals surface area contributed by atoms with E-state index in [-0.39, 0.29) is 11.8 Å². The first-order valence-electron chi connectivity index (χ1n) is 17.7. The van der Waals surface area contributed by atoms with Gasteiger partial charge in [-0.15, -0.1) is 0 Å². The molecule has 0 unspecified atom stereocenters. The summed E-state index contributed by atoms with van der Waals surface area (Å²) >= 11 is 6.25. The number of halogens is 1. The Morgan fingerprint density at radius 3 is 2.52 bits per heavy atom. The highest BCUT2D eigenvalue weighted by atomic mass is 35.5. The number of carboxylic acid groups (broad SMARTS) is 1. The number of rotatable bonds is 9. The highest BCUT2D eigenvalue weighted by molar-refractivity contribution is 6.32. The minimum Gasteiger partial charge on any atom is -0.494 e. The molecule has 50 heavy (non-hydrogen) atoms. The maximum atomic E-state index is 14.0. The van der Waals surface area contributed by atoms with Gasteiger partial charge < -0.3 is 29.9 Å². The van der Waals surface area contributed by atoms with Crippen molar-refractivity contribution in [1.29, 1.82) is 0 Å². The van der Waals surface area contributed by atoms with Crippen molar-refractivity contribution in [2.45, 2.75) is 76.3 Å². The maximum Gasteiger partial charge on any atom is 0.328 e. The Morgan fingerprint density at radius 1 is 1.00 bits per heavy atom. The molecule has 4 aromatic rings. The van der Waals surface area contributed by atoms with Crippen molar-refractivity contribution in [3.05, 3.63) is 82.4 Å². The van der Waals surface area contributed by atoms with E-state index in [4.69, 9.17) is 21.4 Å². The van der Waals surface area contributed by atoms with Crippen molar-refractivity contribution in [1.82, 2.24) is 9.88 Å². The van der Waals surface area contributed by atoms with Gasteiger partial charge in [0.15, 0.2) is 0 Å². The lowest BCUT2D eigenvalue weighted by Gasteiger charge is -2.40. The monoisotopic (exact) mass is 694 g/mol. The number of nitrogens with one attached hydrogen (secondary N) is 2. The zero-order valence-corrected chi connectivity index (χ0v) is 29.3. The van der Waals surface area contributed by atoms with Crippen molar-refractivity contribution in [2.75, 3.05) is 30.4 Å². The summed E-state index contributed by atoms with van der Waals surface area (Å²) in [7, 11) is 2.13. The Balaban J connectivity index is 1.22. The van der Waals surface area contributed by atoms with Gasteiger partial charge in [-0.05, 0) is 105 Å². The third-order valence-corrected chi connectivity index (χ3v) is 11.0. The number of fused-ring (bicyclic) bond motifs is 5. The van der Waals surface area contributed by atoms with Gasteiger partial charge in [-0.1, -0.05) is 36.9 Å². The first-order chi connectivity index (χ1) is 24.2. The minimum absolute atomic E-state index is 0.287. The minimum atomic E-state index is -1.10. The highest BCUT2D eigenvalue weighted by Gasteiger charge is 2.45. The molecule has 0 radical (unpaired) electrons. The smallest absolute Gasteiger partial charge is 0.328 e. The Bertz CT molecular complexity index is 2010. The average Bonchev–Trinajstić information content (AvgIpc) is 3.34. The van der Waals surface area contributed by atoms with Crippen LogP contribution in [0.15, 0.2) is 60.7 Å². The van der Waals surface area contributed by atoms with Crippen LogP contribution in [0.25, 0.3) is 28.2 Å². The van der Waals surface area contributed by atoms with Crippen LogP contribution in [0.2, 0.25) is 5.02 Å². The maximum absolute atomic E-state index is 14.0. The van der Waals surface area contributed by atoms with Crippen LogP contribution in [0.4, 0.5) is 11.4 Å². The van der Waals surface area contributed by atoms with Gasteiger partial charge in [-0.2, -0.15) is 0 Å². The predicted molar refractivity (Wildman–Crippen MR) is 198 cm³/mol. The molecule has 0 bridgehead atoms. The third-order valence-electron chi connectivity index (χ3n) is 10.6. The number of benzene rings is 3. The Labute approximate surface area is 297 Å². The summed E-state index contributed by atoms with van der Waals surface area (Å²) in [6, 6.07) is 17.3. The molecule has 3 aliphatic rings. The van der Waals surface area contributed by atoms with Crippen LogP contribution in [-0.2, 0) is 16.1 Å². The number of carbonyl (C=O) groups excluding carboxylic acids is 2. The van der Waals surface area contributed by atoms with Crippen molar-refractivity contribution < 1.29 is 24.2 Å². The summed E-state index contributed by atoms with van der Waals surface area (Å²) in [5.41, 5.74) is 6.39. The number of carboxylic acids is 1. The number of carbonyl (C=O) groups is 3. The number of amides is 2. The van der Waals surface area contributed by atoms with Crippen molar-refractivity contribution in [3.8, 4) is 17.0 Å². The molecule has 9 nitrogen and oxygen atoms in total. The fourth-order valence-corrected chi connectivity index (χ4v) is 8.07. The lowest BCUT2D eigenvalue weighted by Crippen LogP contribution is -2.61. The first-order valence-corrected chi connectivity index (χ1v) is 18.0. The summed E-state index contributed by atoms with van der Waals surface area (Å²) in [4.78, 5) is 41.0.